The number of hydrogen-bond acceptors (Lipinski definition) is 6. The largest absolute Gasteiger partial charge is 0.497 e. The number of hydrogen-bond donors (Lipinski definition) is 1. The maximum atomic E-state index is 13.6. The van der Waals surface area contributed by atoms with Crippen LogP contribution in [0.15, 0.2) is 48.5 Å². The van der Waals surface area contributed by atoms with Gasteiger partial charge in [0.05, 0.1) is 26.2 Å². The van der Waals surface area contributed by atoms with Gasteiger partial charge in [-0.05, 0) is 37.5 Å². The van der Waals surface area contributed by atoms with Crippen LogP contribution in [0.25, 0.3) is 0 Å². The molecule has 0 aromatic heterocycles. The SMILES string of the molecule is CCNC(=O)[C@H](CC)N(CCc1ccccc1)C(=O)CN(c1cc(OC)ccc1OC)S(C)(=O)=O. The summed E-state index contributed by atoms with van der Waals surface area (Å²) in [6.07, 6.45) is 1.92. The molecule has 1 atom stereocenters. The van der Waals surface area contributed by atoms with Crippen molar-refractivity contribution in [2.45, 2.75) is 32.7 Å². The molecular formula is C25H35N3O6S. The number of amides is 2. The quantitative estimate of drug-likeness (QED) is 0.448. The Hall–Kier alpha value is -3.27. The molecule has 192 valence electrons. The molecule has 0 aliphatic heterocycles. The van der Waals surface area contributed by atoms with E-state index in [9.17, 15) is 18.0 Å². The first kappa shape index (κ1) is 28.0. The van der Waals surface area contributed by atoms with E-state index >= 15 is 0 Å². The number of sulfonamides is 1. The minimum absolute atomic E-state index is 0.178. The van der Waals surface area contributed by atoms with Crippen molar-refractivity contribution in [2.75, 3.05) is 44.4 Å². The number of likely N-dealkylation sites (N-methyl/N-ethyl adjacent to an activating group) is 1. The second-order valence-corrected chi connectivity index (χ2v) is 9.86. The fraction of sp³-hybridized carbons (Fsp3) is 0.440. The predicted octanol–water partition coefficient (Wildman–Crippen LogP) is 2.46. The molecule has 0 fully saturated rings. The van der Waals surface area contributed by atoms with Gasteiger partial charge in [0.1, 0.15) is 24.1 Å². The normalized spacial score (nSPS) is 11.9. The van der Waals surface area contributed by atoms with Crippen molar-refractivity contribution in [1.29, 1.82) is 0 Å². The summed E-state index contributed by atoms with van der Waals surface area (Å²) in [4.78, 5) is 27.9. The number of methoxy groups -OCH3 is 2. The molecule has 9 nitrogen and oxygen atoms in total. The van der Waals surface area contributed by atoms with Crippen molar-refractivity contribution in [3.8, 4) is 11.5 Å². The highest BCUT2D eigenvalue weighted by Crippen LogP contribution is 2.33. The van der Waals surface area contributed by atoms with Gasteiger partial charge in [0.25, 0.3) is 0 Å². The Morgan fingerprint density at radius 1 is 1.03 bits per heavy atom. The molecule has 0 aliphatic rings. The standard InChI is InChI=1S/C25H35N3O6S/c1-6-21(25(30)26-7-2)27(16-15-19-11-9-8-10-12-19)24(29)18-28(35(5,31)32)22-17-20(33-3)13-14-23(22)34-4/h8-14,17,21H,6-7,15-16,18H2,1-5H3,(H,26,30)/t21-/m0/s1. The minimum Gasteiger partial charge on any atom is -0.497 e. The van der Waals surface area contributed by atoms with Crippen LogP contribution >= 0.6 is 0 Å². The molecule has 1 N–H and O–H groups in total. The van der Waals surface area contributed by atoms with Crippen LogP contribution in [0.5, 0.6) is 11.5 Å². The van der Waals surface area contributed by atoms with Crippen LogP contribution in [0, 0.1) is 0 Å². The summed E-state index contributed by atoms with van der Waals surface area (Å²) in [5.41, 5.74) is 1.18. The molecule has 2 aromatic rings. The van der Waals surface area contributed by atoms with E-state index in [0.717, 1.165) is 16.1 Å². The lowest BCUT2D eigenvalue weighted by Crippen LogP contribution is -2.53. The third-order valence-electron chi connectivity index (χ3n) is 5.56. The Morgan fingerprint density at radius 2 is 1.71 bits per heavy atom. The van der Waals surface area contributed by atoms with Crippen molar-refractivity contribution in [3.05, 3.63) is 54.1 Å². The Morgan fingerprint density at radius 3 is 2.26 bits per heavy atom. The lowest BCUT2D eigenvalue weighted by atomic mass is 10.1. The number of carbonyl (C=O) groups is 2. The van der Waals surface area contributed by atoms with Crippen molar-refractivity contribution < 1.29 is 27.5 Å². The lowest BCUT2D eigenvalue weighted by Gasteiger charge is -2.33. The maximum Gasteiger partial charge on any atom is 0.244 e. The third-order valence-corrected chi connectivity index (χ3v) is 6.68. The van der Waals surface area contributed by atoms with Gasteiger partial charge in [-0.1, -0.05) is 37.3 Å². The molecular weight excluding hydrogens is 470 g/mol. The number of ether oxygens (including phenoxy) is 2. The number of nitrogens with one attached hydrogen (secondary N) is 1. The Kier molecular flexibility index (Phi) is 10.4. The topological polar surface area (TPSA) is 105 Å². The van der Waals surface area contributed by atoms with Crippen LogP contribution in [0.4, 0.5) is 5.69 Å². The first-order chi connectivity index (χ1) is 16.7. The first-order valence-electron chi connectivity index (χ1n) is 11.5. The molecule has 0 bridgehead atoms. The average Bonchev–Trinajstić information content (AvgIpc) is 2.84. The zero-order chi connectivity index (χ0) is 26.0. The van der Waals surface area contributed by atoms with E-state index in [1.54, 1.807) is 19.1 Å². The Balaban J connectivity index is 2.44. The summed E-state index contributed by atoms with van der Waals surface area (Å²) in [5, 5.41) is 2.78. The predicted molar refractivity (Wildman–Crippen MR) is 136 cm³/mol. The van der Waals surface area contributed by atoms with Crippen LogP contribution < -0.4 is 19.1 Å². The van der Waals surface area contributed by atoms with Gasteiger partial charge in [-0.15, -0.1) is 0 Å². The summed E-state index contributed by atoms with van der Waals surface area (Å²) >= 11 is 0. The van der Waals surface area contributed by atoms with Gasteiger partial charge < -0.3 is 19.7 Å². The second-order valence-electron chi connectivity index (χ2n) is 7.95. The van der Waals surface area contributed by atoms with Gasteiger partial charge >= 0.3 is 0 Å². The molecule has 10 heteroatoms. The van der Waals surface area contributed by atoms with Gasteiger partial charge in [0.15, 0.2) is 0 Å². The molecule has 0 heterocycles. The summed E-state index contributed by atoms with van der Waals surface area (Å²) in [7, 11) is -1.00. The van der Waals surface area contributed by atoms with Crippen molar-refractivity contribution in [3.63, 3.8) is 0 Å². The zero-order valence-electron chi connectivity index (χ0n) is 21.0. The smallest absolute Gasteiger partial charge is 0.244 e. The van der Waals surface area contributed by atoms with Gasteiger partial charge in [-0.3, -0.25) is 13.9 Å². The molecule has 35 heavy (non-hydrogen) atoms. The van der Waals surface area contributed by atoms with Crippen molar-refractivity contribution in [2.24, 2.45) is 0 Å². The van der Waals surface area contributed by atoms with E-state index in [-0.39, 0.29) is 23.9 Å². The van der Waals surface area contributed by atoms with E-state index in [0.29, 0.717) is 25.1 Å². The summed E-state index contributed by atoms with van der Waals surface area (Å²) < 4.78 is 37.2. The van der Waals surface area contributed by atoms with E-state index in [1.807, 2.05) is 37.3 Å². The van der Waals surface area contributed by atoms with Crippen molar-refractivity contribution >= 4 is 27.5 Å². The fourth-order valence-electron chi connectivity index (χ4n) is 3.77. The third kappa shape index (κ3) is 7.61. The van der Waals surface area contributed by atoms with E-state index in [2.05, 4.69) is 5.32 Å². The number of carbonyl (C=O) groups excluding carboxylic acids is 2. The van der Waals surface area contributed by atoms with E-state index in [4.69, 9.17) is 9.47 Å². The number of benzene rings is 2. The fourth-order valence-corrected chi connectivity index (χ4v) is 4.62. The molecule has 0 saturated heterocycles. The van der Waals surface area contributed by atoms with Gasteiger partial charge in [-0.25, -0.2) is 8.42 Å². The molecule has 2 amide bonds. The summed E-state index contributed by atoms with van der Waals surface area (Å²) in [6, 6.07) is 13.6. The van der Waals surface area contributed by atoms with Gasteiger partial charge in [0.2, 0.25) is 21.8 Å². The second kappa shape index (κ2) is 13.0. The highest BCUT2D eigenvalue weighted by Gasteiger charge is 2.32. The average molecular weight is 506 g/mol. The van der Waals surface area contributed by atoms with Gasteiger partial charge in [-0.2, -0.15) is 0 Å². The minimum atomic E-state index is -3.88. The molecule has 0 radical (unpaired) electrons. The van der Waals surface area contributed by atoms with E-state index < -0.39 is 28.5 Å². The van der Waals surface area contributed by atoms with Crippen LogP contribution in [0.3, 0.4) is 0 Å². The zero-order valence-corrected chi connectivity index (χ0v) is 21.8. The first-order valence-corrected chi connectivity index (χ1v) is 13.3. The maximum absolute atomic E-state index is 13.6. The van der Waals surface area contributed by atoms with Crippen LogP contribution in [-0.2, 0) is 26.0 Å². The summed E-state index contributed by atoms with van der Waals surface area (Å²) in [6.45, 7) is 3.81. The highest BCUT2D eigenvalue weighted by molar-refractivity contribution is 7.92. The number of anilines is 1. The Bertz CT molecular complexity index is 1090. The lowest BCUT2D eigenvalue weighted by molar-refractivity contribution is -0.139. The molecule has 0 aliphatic carbocycles. The number of nitrogens with zero attached hydrogens (tertiary/aromatic N) is 2. The summed E-state index contributed by atoms with van der Waals surface area (Å²) in [5.74, 6) is -0.0807. The molecule has 0 saturated carbocycles. The van der Waals surface area contributed by atoms with Gasteiger partial charge in [0, 0.05) is 19.2 Å². The van der Waals surface area contributed by atoms with Crippen LogP contribution in [0.1, 0.15) is 25.8 Å². The number of rotatable bonds is 13. The molecule has 2 aromatic carbocycles. The van der Waals surface area contributed by atoms with E-state index in [1.165, 1.54) is 25.2 Å². The Labute approximate surface area is 208 Å². The van der Waals surface area contributed by atoms with Crippen LogP contribution in [0.2, 0.25) is 0 Å². The van der Waals surface area contributed by atoms with Crippen LogP contribution in [-0.4, -0.2) is 71.3 Å². The molecule has 0 unspecified atom stereocenters. The highest BCUT2D eigenvalue weighted by atomic mass is 32.2. The molecule has 0 spiro atoms. The molecule has 2 rings (SSSR count). The monoisotopic (exact) mass is 505 g/mol. The van der Waals surface area contributed by atoms with Crippen molar-refractivity contribution in [1.82, 2.24) is 10.2 Å².